The number of halogens is 2. The van der Waals surface area contributed by atoms with Gasteiger partial charge in [-0.3, -0.25) is 29.7 Å². The molecule has 30 heavy (non-hydrogen) atoms. The Kier molecular flexibility index (Phi) is 6.43. The predicted molar refractivity (Wildman–Crippen MR) is 113 cm³/mol. The van der Waals surface area contributed by atoms with Crippen LogP contribution in [0.5, 0.6) is 0 Å². The molecule has 0 radical (unpaired) electrons. The molecule has 2 aromatic rings. The molecule has 7 nitrogen and oxygen atoms in total. The fourth-order valence-corrected chi connectivity index (χ4v) is 4.07. The van der Waals surface area contributed by atoms with Gasteiger partial charge >= 0.3 is 0 Å². The zero-order valence-electron chi connectivity index (χ0n) is 16.9. The summed E-state index contributed by atoms with van der Waals surface area (Å²) >= 11 is 12.8. The number of rotatable bonds is 5. The van der Waals surface area contributed by atoms with Gasteiger partial charge in [-0.2, -0.15) is 0 Å². The molecule has 3 rings (SSSR count). The number of piperidine rings is 1. The Morgan fingerprint density at radius 3 is 2.43 bits per heavy atom. The van der Waals surface area contributed by atoms with Crippen molar-refractivity contribution in [2.75, 3.05) is 0 Å². The van der Waals surface area contributed by atoms with E-state index < -0.39 is 17.2 Å². The Morgan fingerprint density at radius 1 is 1.20 bits per heavy atom. The molecule has 1 saturated heterocycles. The van der Waals surface area contributed by atoms with Gasteiger partial charge in [0.1, 0.15) is 0 Å². The van der Waals surface area contributed by atoms with E-state index >= 15 is 0 Å². The number of nitrogens with zero attached hydrogens (tertiary/aromatic N) is 2. The summed E-state index contributed by atoms with van der Waals surface area (Å²) in [6.45, 7) is 5.58. The summed E-state index contributed by atoms with van der Waals surface area (Å²) in [5, 5.41) is 5.83. The highest BCUT2D eigenvalue weighted by molar-refractivity contribution is 6.36. The van der Waals surface area contributed by atoms with Gasteiger partial charge in [0.2, 0.25) is 17.7 Å². The number of amides is 3. The molecule has 0 saturated carbocycles. The topological polar surface area (TPSA) is 101 Å². The second-order valence-electron chi connectivity index (χ2n) is 7.83. The van der Waals surface area contributed by atoms with Crippen molar-refractivity contribution in [2.45, 2.75) is 51.5 Å². The lowest BCUT2D eigenvalue weighted by atomic mass is 9.88. The van der Waals surface area contributed by atoms with E-state index in [9.17, 15) is 14.4 Å². The van der Waals surface area contributed by atoms with Crippen LogP contribution in [0.15, 0.2) is 24.5 Å². The van der Waals surface area contributed by atoms with Crippen molar-refractivity contribution in [1.82, 2.24) is 20.6 Å². The zero-order valence-corrected chi connectivity index (χ0v) is 18.4. The minimum absolute atomic E-state index is 0.205. The number of aromatic nitrogens is 2. The Morgan fingerprint density at radius 2 is 1.87 bits per heavy atom. The maximum atomic E-state index is 12.8. The van der Waals surface area contributed by atoms with Gasteiger partial charge in [-0.05, 0) is 44.9 Å². The molecule has 1 aromatic carbocycles. The van der Waals surface area contributed by atoms with Crippen LogP contribution in [-0.2, 0) is 26.3 Å². The van der Waals surface area contributed by atoms with E-state index in [-0.39, 0.29) is 24.8 Å². The number of nitrogens with one attached hydrogen (secondary N) is 2. The van der Waals surface area contributed by atoms with Crippen molar-refractivity contribution in [3.63, 3.8) is 0 Å². The molecule has 0 spiro atoms. The van der Waals surface area contributed by atoms with Gasteiger partial charge in [0.25, 0.3) is 0 Å². The fourth-order valence-electron chi connectivity index (χ4n) is 3.28. The Labute approximate surface area is 184 Å². The van der Waals surface area contributed by atoms with Crippen LogP contribution in [0.3, 0.4) is 0 Å². The summed E-state index contributed by atoms with van der Waals surface area (Å²) in [5.41, 5.74) is 1.65. The molecule has 3 amide bonds. The summed E-state index contributed by atoms with van der Waals surface area (Å²) in [4.78, 5) is 44.8. The van der Waals surface area contributed by atoms with E-state index in [0.717, 1.165) is 5.69 Å². The van der Waals surface area contributed by atoms with Gasteiger partial charge in [-0.15, -0.1) is 0 Å². The van der Waals surface area contributed by atoms with Gasteiger partial charge in [-0.1, -0.05) is 23.2 Å². The predicted octanol–water partition coefficient (Wildman–Crippen LogP) is 3.21. The maximum Gasteiger partial charge on any atom is 0.234 e. The second kappa shape index (κ2) is 8.70. The first-order valence-corrected chi connectivity index (χ1v) is 10.2. The molecular formula is C21H22Cl2N4O3. The lowest BCUT2D eigenvalue weighted by Crippen LogP contribution is -2.40. The summed E-state index contributed by atoms with van der Waals surface area (Å²) in [5.74, 6) is -1.51. The molecule has 0 bridgehead atoms. The van der Waals surface area contributed by atoms with E-state index in [2.05, 4.69) is 20.6 Å². The summed E-state index contributed by atoms with van der Waals surface area (Å²) in [7, 11) is 0. The quantitative estimate of drug-likeness (QED) is 0.683. The highest BCUT2D eigenvalue weighted by Gasteiger charge is 2.33. The van der Waals surface area contributed by atoms with Crippen molar-refractivity contribution in [2.24, 2.45) is 0 Å². The SMILES string of the molecule is Cc1cnc(C(C)(C)C(=O)NCc2cc(Cl)c(C3CCC(=O)NC3=O)c(Cl)c2)cn1. The van der Waals surface area contributed by atoms with Crippen LogP contribution in [0.1, 0.15) is 55.1 Å². The van der Waals surface area contributed by atoms with E-state index in [4.69, 9.17) is 23.2 Å². The molecule has 0 aliphatic carbocycles. The Bertz CT molecular complexity index is 983. The van der Waals surface area contributed by atoms with E-state index in [1.807, 2.05) is 6.92 Å². The standard InChI is InChI=1S/C21H22Cl2N4O3/c1-11-8-25-16(10-24-11)21(2,3)20(30)26-9-12-6-14(22)18(15(23)7-12)13-4-5-17(28)27-19(13)29/h6-8,10,13H,4-5,9H2,1-3H3,(H,26,30)(H,27,28,29). The first kappa shape index (κ1) is 22.2. The minimum atomic E-state index is -0.874. The van der Waals surface area contributed by atoms with Crippen molar-refractivity contribution in [3.8, 4) is 0 Å². The van der Waals surface area contributed by atoms with Crippen LogP contribution >= 0.6 is 23.2 Å². The molecule has 1 aliphatic rings. The molecule has 1 aliphatic heterocycles. The first-order chi connectivity index (χ1) is 14.1. The molecule has 9 heteroatoms. The van der Waals surface area contributed by atoms with Gasteiger partial charge < -0.3 is 5.32 Å². The lowest BCUT2D eigenvalue weighted by Gasteiger charge is -2.24. The van der Waals surface area contributed by atoms with E-state index in [1.165, 1.54) is 0 Å². The molecule has 1 atom stereocenters. The summed E-state index contributed by atoms with van der Waals surface area (Å²) in [6.07, 6.45) is 3.80. The molecule has 2 N–H and O–H groups in total. The number of aryl methyl sites for hydroxylation is 1. The highest BCUT2D eigenvalue weighted by atomic mass is 35.5. The van der Waals surface area contributed by atoms with Crippen molar-refractivity contribution < 1.29 is 14.4 Å². The van der Waals surface area contributed by atoms with Crippen LogP contribution in [0.2, 0.25) is 10.0 Å². The summed E-state index contributed by atoms with van der Waals surface area (Å²) in [6, 6.07) is 3.34. The molecule has 1 aromatic heterocycles. The van der Waals surface area contributed by atoms with Crippen LogP contribution in [-0.4, -0.2) is 27.7 Å². The fraction of sp³-hybridized carbons (Fsp3) is 0.381. The Hall–Kier alpha value is -2.51. The average Bonchev–Trinajstić information content (AvgIpc) is 2.67. The number of hydrogen-bond donors (Lipinski definition) is 2. The third-order valence-electron chi connectivity index (χ3n) is 5.17. The number of carbonyl (C=O) groups excluding carboxylic acids is 3. The monoisotopic (exact) mass is 448 g/mol. The highest BCUT2D eigenvalue weighted by Crippen LogP contribution is 2.37. The minimum Gasteiger partial charge on any atom is -0.351 e. The number of benzene rings is 1. The third kappa shape index (κ3) is 4.63. The molecule has 2 heterocycles. The number of imide groups is 1. The smallest absolute Gasteiger partial charge is 0.234 e. The largest absolute Gasteiger partial charge is 0.351 e. The van der Waals surface area contributed by atoms with Crippen LogP contribution in [0.4, 0.5) is 0 Å². The van der Waals surface area contributed by atoms with Crippen LogP contribution < -0.4 is 10.6 Å². The molecule has 158 valence electrons. The van der Waals surface area contributed by atoms with E-state index in [1.54, 1.807) is 38.4 Å². The summed E-state index contributed by atoms with van der Waals surface area (Å²) < 4.78 is 0. The lowest BCUT2D eigenvalue weighted by molar-refractivity contribution is -0.134. The zero-order chi connectivity index (χ0) is 22.1. The normalized spacial score (nSPS) is 16.9. The first-order valence-electron chi connectivity index (χ1n) is 9.48. The Balaban J connectivity index is 1.73. The maximum absolute atomic E-state index is 12.8. The van der Waals surface area contributed by atoms with E-state index in [0.29, 0.717) is 33.3 Å². The van der Waals surface area contributed by atoms with Gasteiger partial charge in [0.05, 0.1) is 22.7 Å². The molecular weight excluding hydrogens is 427 g/mol. The van der Waals surface area contributed by atoms with Crippen molar-refractivity contribution in [3.05, 3.63) is 57.1 Å². The second-order valence-corrected chi connectivity index (χ2v) is 8.64. The van der Waals surface area contributed by atoms with Crippen molar-refractivity contribution in [1.29, 1.82) is 0 Å². The molecule has 1 unspecified atom stereocenters. The average molecular weight is 449 g/mol. The van der Waals surface area contributed by atoms with Gasteiger partial charge in [0.15, 0.2) is 0 Å². The van der Waals surface area contributed by atoms with Crippen molar-refractivity contribution >= 4 is 40.9 Å². The number of carbonyl (C=O) groups is 3. The van der Waals surface area contributed by atoms with Crippen LogP contribution in [0.25, 0.3) is 0 Å². The molecule has 1 fully saturated rings. The third-order valence-corrected chi connectivity index (χ3v) is 5.79. The number of hydrogen-bond acceptors (Lipinski definition) is 5. The van der Waals surface area contributed by atoms with Crippen LogP contribution in [0, 0.1) is 6.92 Å². The van der Waals surface area contributed by atoms with Gasteiger partial charge in [0, 0.05) is 41.0 Å². The van der Waals surface area contributed by atoms with Gasteiger partial charge in [-0.25, -0.2) is 0 Å².